The number of fused-ring (bicyclic) bond motifs is 2. The number of nitrogens with zero attached hydrogens (tertiary/aromatic N) is 2. The Bertz CT molecular complexity index is 407. The number of hydrogen-bond donors (Lipinski definition) is 1. The first-order chi connectivity index (χ1) is 10.2. The third-order valence-electron chi connectivity index (χ3n) is 5.41. The van der Waals surface area contributed by atoms with E-state index in [1.165, 1.54) is 18.5 Å². The van der Waals surface area contributed by atoms with Gasteiger partial charge in [-0.25, -0.2) is 0 Å². The van der Waals surface area contributed by atoms with Crippen LogP contribution in [-0.4, -0.2) is 52.1 Å². The van der Waals surface area contributed by atoms with Crippen LogP contribution in [0.15, 0.2) is 11.8 Å². The van der Waals surface area contributed by atoms with E-state index in [0.717, 1.165) is 45.1 Å². The molecule has 2 unspecified atom stereocenters. The molecule has 1 aliphatic carbocycles. The maximum atomic E-state index is 12.7. The van der Waals surface area contributed by atoms with E-state index in [-0.39, 0.29) is 12.0 Å². The van der Waals surface area contributed by atoms with Crippen molar-refractivity contribution in [2.45, 2.75) is 76.5 Å². The molecule has 0 aromatic heterocycles. The Kier molecular flexibility index (Phi) is 4.65. The van der Waals surface area contributed by atoms with Gasteiger partial charge in [0.1, 0.15) is 0 Å². The van der Waals surface area contributed by atoms with Crippen LogP contribution in [0.5, 0.6) is 0 Å². The lowest BCUT2D eigenvalue weighted by molar-refractivity contribution is -0.132. The van der Waals surface area contributed by atoms with Crippen LogP contribution >= 0.6 is 0 Å². The summed E-state index contributed by atoms with van der Waals surface area (Å²) in [6, 6.07) is 0.837. The minimum Gasteiger partial charge on any atom is -0.393 e. The van der Waals surface area contributed by atoms with E-state index in [4.69, 9.17) is 0 Å². The molecule has 2 atom stereocenters. The fourth-order valence-electron chi connectivity index (χ4n) is 4.35. The average Bonchev–Trinajstić information content (AvgIpc) is 2.72. The quantitative estimate of drug-likeness (QED) is 0.864. The second-order valence-electron chi connectivity index (χ2n) is 6.76. The molecule has 0 spiro atoms. The van der Waals surface area contributed by atoms with E-state index >= 15 is 0 Å². The summed E-state index contributed by atoms with van der Waals surface area (Å²) in [5, 5.41) is 9.87. The Morgan fingerprint density at radius 1 is 1.33 bits per heavy atom. The van der Waals surface area contributed by atoms with Gasteiger partial charge in [0.05, 0.1) is 12.6 Å². The lowest BCUT2D eigenvalue weighted by atomic mass is 9.99. The van der Waals surface area contributed by atoms with Crippen molar-refractivity contribution in [3.63, 3.8) is 0 Å². The fourth-order valence-corrected chi connectivity index (χ4v) is 4.35. The number of hydrogen-bond acceptors (Lipinski definition) is 3. The Hall–Kier alpha value is -0.870. The summed E-state index contributed by atoms with van der Waals surface area (Å²) in [6.45, 7) is 3.38. The SMILES string of the molecule is CCN(C(=O)CN1C2CCC1CC(O)C2)C1=CCCCC1. The van der Waals surface area contributed by atoms with Crippen LogP contribution in [-0.2, 0) is 4.79 Å². The average molecular weight is 292 g/mol. The van der Waals surface area contributed by atoms with Crippen LogP contribution in [0.3, 0.4) is 0 Å². The van der Waals surface area contributed by atoms with Gasteiger partial charge < -0.3 is 10.0 Å². The molecule has 2 saturated heterocycles. The van der Waals surface area contributed by atoms with E-state index in [9.17, 15) is 9.90 Å². The molecule has 3 aliphatic rings. The third kappa shape index (κ3) is 3.16. The molecular formula is C17H28N2O2. The van der Waals surface area contributed by atoms with Crippen molar-refractivity contribution >= 4 is 5.91 Å². The predicted octanol–water partition coefficient (Wildman–Crippen LogP) is 2.28. The highest BCUT2D eigenvalue weighted by atomic mass is 16.3. The Morgan fingerprint density at radius 2 is 2.05 bits per heavy atom. The number of allylic oxidation sites excluding steroid dienone is 2. The smallest absolute Gasteiger partial charge is 0.240 e. The molecule has 0 aromatic carbocycles. The molecule has 4 heteroatoms. The Labute approximate surface area is 127 Å². The summed E-state index contributed by atoms with van der Waals surface area (Å²) in [6.07, 6.45) is 10.7. The second kappa shape index (κ2) is 6.49. The number of likely N-dealkylation sites (N-methyl/N-ethyl adjacent to an activating group) is 1. The van der Waals surface area contributed by atoms with Crippen LogP contribution in [0, 0.1) is 0 Å². The zero-order valence-electron chi connectivity index (χ0n) is 13.1. The van der Waals surface area contributed by atoms with E-state index < -0.39 is 0 Å². The van der Waals surface area contributed by atoms with Crippen molar-refractivity contribution in [2.24, 2.45) is 0 Å². The summed E-state index contributed by atoms with van der Waals surface area (Å²) in [5.41, 5.74) is 1.23. The van der Waals surface area contributed by atoms with Gasteiger partial charge in [-0.1, -0.05) is 6.08 Å². The molecule has 4 nitrogen and oxygen atoms in total. The summed E-state index contributed by atoms with van der Waals surface area (Å²) in [5.74, 6) is 0.249. The second-order valence-corrected chi connectivity index (χ2v) is 6.76. The van der Waals surface area contributed by atoms with Gasteiger partial charge >= 0.3 is 0 Å². The highest BCUT2D eigenvalue weighted by molar-refractivity contribution is 5.80. The molecule has 2 aliphatic heterocycles. The van der Waals surface area contributed by atoms with Crippen molar-refractivity contribution in [1.29, 1.82) is 0 Å². The zero-order valence-corrected chi connectivity index (χ0v) is 13.1. The highest BCUT2D eigenvalue weighted by Gasteiger charge is 2.41. The van der Waals surface area contributed by atoms with Crippen molar-refractivity contribution in [1.82, 2.24) is 9.80 Å². The van der Waals surface area contributed by atoms with Gasteiger partial charge in [0.25, 0.3) is 0 Å². The third-order valence-corrected chi connectivity index (χ3v) is 5.41. The summed E-state index contributed by atoms with van der Waals surface area (Å²) >= 11 is 0. The molecule has 0 saturated carbocycles. The molecule has 1 amide bonds. The molecular weight excluding hydrogens is 264 g/mol. The van der Waals surface area contributed by atoms with Crippen LogP contribution in [0.4, 0.5) is 0 Å². The Morgan fingerprint density at radius 3 is 2.62 bits per heavy atom. The molecule has 118 valence electrons. The molecule has 1 N–H and O–H groups in total. The largest absolute Gasteiger partial charge is 0.393 e. The van der Waals surface area contributed by atoms with Crippen LogP contribution in [0.1, 0.15) is 58.3 Å². The van der Waals surface area contributed by atoms with Crippen molar-refractivity contribution in [3.8, 4) is 0 Å². The minimum absolute atomic E-state index is 0.155. The van der Waals surface area contributed by atoms with Crippen molar-refractivity contribution < 1.29 is 9.90 Å². The molecule has 2 heterocycles. The topological polar surface area (TPSA) is 43.8 Å². The number of aliphatic hydroxyl groups is 1. The lowest BCUT2D eigenvalue weighted by Crippen LogP contribution is -2.49. The number of carbonyl (C=O) groups is 1. The molecule has 0 aromatic rings. The number of aliphatic hydroxyl groups excluding tert-OH is 1. The predicted molar refractivity (Wildman–Crippen MR) is 82.7 cm³/mol. The van der Waals surface area contributed by atoms with Gasteiger partial charge in [0.15, 0.2) is 0 Å². The number of carbonyl (C=O) groups excluding carboxylic acids is 1. The van der Waals surface area contributed by atoms with E-state index in [0.29, 0.717) is 18.6 Å². The molecule has 2 bridgehead atoms. The van der Waals surface area contributed by atoms with Crippen LogP contribution in [0.25, 0.3) is 0 Å². The first-order valence-electron chi connectivity index (χ1n) is 8.62. The summed E-state index contributed by atoms with van der Waals surface area (Å²) in [4.78, 5) is 17.1. The van der Waals surface area contributed by atoms with Crippen molar-refractivity contribution in [2.75, 3.05) is 13.1 Å². The molecule has 0 radical (unpaired) electrons. The van der Waals surface area contributed by atoms with Crippen LogP contribution < -0.4 is 0 Å². The maximum absolute atomic E-state index is 12.7. The van der Waals surface area contributed by atoms with Gasteiger partial charge in [0.2, 0.25) is 5.91 Å². The minimum atomic E-state index is -0.155. The van der Waals surface area contributed by atoms with E-state index in [1.807, 2.05) is 4.90 Å². The summed E-state index contributed by atoms with van der Waals surface area (Å²) in [7, 11) is 0. The van der Waals surface area contributed by atoms with Gasteiger partial charge in [-0.2, -0.15) is 0 Å². The van der Waals surface area contributed by atoms with Crippen molar-refractivity contribution in [3.05, 3.63) is 11.8 Å². The normalized spacial score (nSPS) is 32.9. The number of rotatable bonds is 4. The first kappa shape index (κ1) is 15.0. The fraction of sp³-hybridized carbons (Fsp3) is 0.824. The van der Waals surface area contributed by atoms with Crippen LogP contribution in [0.2, 0.25) is 0 Å². The van der Waals surface area contributed by atoms with E-state index in [1.54, 1.807) is 0 Å². The molecule has 2 fully saturated rings. The number of amides is 1. The first-order valence-corrected chi connectivity index (χ1v) is 8.62. The van der Waals surface area contributed by atoms with Gasteiger partial charge in [-0.3, -0.25) is 9.69 Å². The van der Waals surface area contributed by atoms with E-state index in [2.05, 4.69) is 17.9 Å². The highest BCUT2D eigenvalue weighted by Crippen LogP contribution is 2.35. The Balaban J connectivity index is 1.64. The van der Waals surface area contributed by atoms with Gasteiger partial charge in [-0.05, 0) is 58.3 Å². The monoisotopic (exact) mass is 292 g/mol. The zero-order chi connectivity index (χ0) is 14.8. The molecule has 3 rings (SSSR count). The maximum Gasteiger partial charge on any atom is 0.240 e. The standard InChI is InChI=1S/C17H28N2O2/c1-2-18(13-6-4-3-5-7-13)17(21)12-19-14-8-9-15(19)11-16(20)10-14/h6,14-16,20H,2-5,7-12H2,1H3. The number of piperidine rings is 1. The summed E-state index contributed by atoms with van der Waals surface area (Å²) < 4.78 is 0. The lowest BCUT2D eigenvalue weighted by Gasteiger charge is -2.38. The molecule has 21 heavy (non-hydrogen) atoms. The van der Waals surface area contributed by atoms with Gasteiger partial charge in [-0.15, -0.1) is 0 Å². The van der Waals surface area contributed by atoms with Gasteiger partial charge in [0, 0.05) is 24.3 Å².